The third-order valence-electron chi connectivity index (χ3n) is 11.2. The number of carbonyl (C=O) groups excluding carboxylic acids is 2. The van der Waals surface area contributed by atoms with Gasteiger partial charge in [0, 0.05) is 12.8 Å². The zero-order valence-electron chi connectivity index (χ0n) is 40.6. The lowest BCUT2D eigenvalue weighted by Gasteiger charge is -2.43. The Balaban J connectivity index is 2.62. The molecule has 1 rings (SSSR count). The summed E-state index contributed by atoms with van der Waals surface area (Å²) in [4.78, 5) is 54.3. The van der Waals surface area contributed by atoms with Crippen molar-refractivity contribution in [2.24, 2.45) is 0 Å². The molecule has 1 fully saturated rings. The van der Waals surface area contributed by atoms with Crippen molar-refractivity contribution in [2.75, 3.05) is 13.2 Å². The van der Waals surface area contributed by atoms with Gasteiger partial charge in [0.25, 0.3) is 0 Å². The SMILES string of the molecule is CC/C=C\C/C=C\CC(O)/C=C/C=C\C/C=C\CCCC(=O)OC[C@H](COP(=O)(O)O[C@H]1C(O)C(O)C(O)[C@@H](OP(=O)(O)O)C1O)OC(=O)CCCCCCCCCCCCCCCCCCC. The number of rotatable bonds is 41. The fourth-order valence-electron chi connectivity index (χ4n) is 7.32. The second-order valence-electron chi connectivity index (χ2n) is 17.4. The molecule has 8 N–H and O–H groups in total. The zero-order chi connectivity index (χ0) is 50.5. The number of hydrogen-bond acceptors (Lipinski definition) is 14. The molecule has 0 saturated heterocycles. The number of carbonyl (C=O) groups is 2. The molecule has 17 nitrogen and oxygen atoms in total. The van der Waals surface area contributed by atoms with Crippen LogP contribution >= 0.6 is 15.6 Å². The average molecular weight is 1010 g/mol. The molecule has 6 unspecified atom stereocenters. The number of phosphoric acid groups is 2. The van der Waals surface area contributed by atoms with E-state index in [1.165, 1.54) is 77.0 Å². The van der Waals surface area contributed by atoms with Crippen molar-refractivity contribution in [1.82, 2.24) is 0 Å². The summed E-state index contributed by atoms with van der Waals surface area (Å²) < 4.78 is 49.4. The molecular weight excluding hydrogens is 922 g/mol. The molecule has 0 aromatic carbocycles. The summed E-state index contributed by atoms with van der Waals surface area (Å²) in [6.45, 7) is 2.89. The first-order valence-corrected chi connectivity index (χ1v) is 28.0. The molecular formula is C49H86O17P2. The first-order valence-electron chi connectivity index (χ1n) is 24.9. The van der Waals surface area contributed by atoms with Crippen LogP contribution in [0, 0.1) is 0 Å². The summed E-state index contributed by atoms with van der Waals surface area (Å²) in [5.41, 5.74) is 0. The molecule has 1 aliphatic rings. The standard InChI is InChI=1S/C49H86O17P2/c1-3-5-7-9-11-12-13-14-15-16-17-18-19-20-25-29-33-37-43(52)64-41(39-63-68(60,61)66-49-46(55)44(53)45(54)48(47(49)56)65-67(57,58)59)38-62-42(51)36-32-28-24-22-21-23-27-31-35-40(50)34-30-26-10-8-6-4-2/h6,8,22-24,26-27,30-31,35,40-41,44-50,53-56H,3-5,7,9-21,25,28-29,32-34,36-39H2,1-2H3,(H,60,61)(H2,57,58,59)/b8-6-,24-22-,27-23-,30-26-,35-31+/t40?,41-,44?,45?,46?,47?,48-,49+/m1/s1. The number of allylic oxidation sites excluding steroid dienone is 8. The minimum Gasteiger partial charge on any atom is -0.462 e. The number of aliphatic hydroxyl groups is 5. The average Bonchev–Trinajstić information content (AvgIpc) is 3.29. The van der Waals surface area contributed by atoms with E-state index in [0.29, 0.717) is 32.1 Å². The number of phosphoric ester groups is 2. The molecule has 19 heteroatoms. The Morgan fingerprint density at radius 1 is 0.559 bits per heavy atom. The molecule has 0 heterocycles. The molecule has 68 heavy (non-hydrogen) atoms. The number of esters is 2. The molecule has 0 aliphatic heterocycles. The number of hydrogen-bond donors (Lipinski definition) is 8. The van der Waals surface area contributed by atoms with E-state index in [1.807, 2.05) is 36.5 Å². The van der Waals surface area contributed by atoms with Crippen LogP contribution in [0.15, 0.2) is 60.8 Å². The Labute approximate surface area is 405 Å². The predicted molar refractivity (Wildman–Crippen MR) is 261 cm³/mol. The van der Waals surface area contributed by atoms with Gasteiger partial charge in [-0.05, 0) is 44.9 Å². The molecule has 0 spiro atoms. The van der Waals surface area contributed by atoms with E-state index in [0.717, 1.165) is 38.5 Å². The lowest BCUT2D eigenvalue weighted by atomic mass is 9.85. The highest BCUT2D eigenvalue weighted by molar-refractivity contribution is 7.47. The maximum Gasteiger partial charge on any atom is 0.472 e. The molecule has 394 valence electrons. The molecule has 0 aromatic heterocycles. The Bertz CT molecular complexity index is 1560. The normalized spacial score (nSPS) is 22.2. The molecule has 9 atom stereocenters. The van der Waals surface area contributed by atoms with Gasteiger partial charge in [-0.25, -0.2) is 9.13 Å². The van der Waals surface area contributed by atoms with Crippen LogP contribution in [0.2, 0.25) is 0 Å². The van der Waals surface area contributed by atoms with E-state index in [9.17, 15) is 58.9 Å². The Kier molecular flexibility index (Phi) is 36.8. The molecule has 0 amide bonds. The van der Waals surface area contributed by atoms with Crippen molar-refractivity contribution in [2.45, 2.75) is 223 Å². The predicted octanol–water partition coefficient (Wildman–Crippen LogP) is 8.81. The molecule has 0 aromatic rings. The summed E-state index contributed by atoms with van der Waals surface area (Å²) in [7, 11) is -10.7. The lowest BCUT2D eigenvalue weighted by Crippen LogP contribution is -2.64. The van der Waals surface area contributed by atoms with Crippen LogP contribution in [-0.4, -0.2) is 114 Å². The quantitative estimate of drug-likeness (QED) is 0.00934. The highest BCUT2D eigenvalue weighted by Crippen LogP contribution is 2.49. The number of unbranched alkanes of at least 4 members (excludes halogenated alkanes) is 17. The Morgan fingerprint density at radius 2 is 1.07 bits per heavy atom. The minimum atomic E-state index is -5.38. The van der Waals surface area contributed by atoms with Crippen molar-refractivity contribution in [3.05, 3.63) is 60.8 Å². The summed E-state index contributed by atoms with van der Waals surface area (Å²) in [5, 5.41) is 51.3. The molecule has 0 bridgehead atoms. The summed E-state index contributed by atoms with van der Waals surface area (Å²) in [6.07, 6.45) is 27.7. The van der Waals surface area contributed by atoms with E-state index in [4.69, 9.17) is 18.5 Å². The highest BCUT2D eigenvalue weighted by Gasteiger charge is 2.54. The maximum absolute atomic E-state index is 13.0. The fourth-order valence-corrected chi connectivity index (χ4v) is 8.86. The van der Waals surface area contributed by atoms with E-state index in [-0.39, 0.29) is 12.8 Å². The molecule has 0 radical (unpaired) electrons. The van der Waals surface area contributed by atoms with Crippen molar-refractivity contribution in [3.63, 3.8) is 0 Å². The first kappa shape index (κ1) is 63.7. The number of aliphatic hydroxyl groups excluding tert-OH is 5. The molecule has 1 saturated carbocycles. The van der Waals surface area contributed by atoms with E-state index in [1.54, 1.807) is 12.2 Å². The van der Waals surface area contributed by atoms with E-state index >= 15 is 0 Å². The second-order valence-corrected chi connectivity index (χ2v) is 20.0. The van der Waals surface area contributed by atoms with Crippen LogP contribution < -0.4 is 0 Å². The van der Waals surface area contributed by atoms with Crippen LogP contribution in [0.1, 0.15) is 174 Å². The van der Waals surface area contributed by atoms with Gasteiger partial charge in [0.15, 0.2) is 6.10 Å². The minimum absolute atomic E-state index is 0.00993. The van der Waals surface area contributed by atoms with E-state index < -0.39 is 89.6 Å². The van der Waals surface area contributed by atoms with Crippen molar-refractivity contribution in [3.8, 4) is 0 Å². The van der Waals surface area contributed by atoms with Gasteiger partial charge < -0.3 is 49.7 Å². The third-order valence-corrected chi connectivity index (χ3v) is 12.7. The maximum atomic E-state index is 13.0. The van der Waals surface area contributed by atoms with E-state index in [2.05, 4.69) is 30.5 Å². The smallest absolute Gasteiger partial charge is 0.462 e. The lowest BCUT2D eigenvalue weighted by molar-refractivity contribution is -0.216. The fraction of sp³-hybridized carbons (Fsp3) is 0.755. The van der Waals surface area contributed by atoms with Gasteiger partial charge in [-0.15, -0.1) is 0 Å². The van der Waals surface area contributed by atoms with Crippen molar-refractivity contribution < 1.29 is 82.0 Å². The molecule has 1 aliphatic carbocycles. The van der Waals surface area contributed by atoms with Crippen LogP contribution in [0.3, 0.4) is 0 Å². The highest BCUT2D eigenvalue weighted by atomic mass is 31.2. The first-order chi connectivity index (χ1) is 32.5. The largest absolute Gasteiger partial charge is 0.472 e. The van der Waals surface area contributed by atoms with Gasteiger partial charge in [0.2, 0.25) is 0 Å². The van der Waals surface area contributed by atoms with Gasteiger partial charge >= 0.3 is 27.6 Å². The number of ether oxygens (including phenoxy) is 2. The van der Waals surface area contributed by atoms with Crippen molar-refractivity contribution in [1.29, 1.82) is 0 Å². The second kappa shape index (κ2) is 39.3. The summed E-state index contributed by atoms with van der Waals surface area (Å²) in [5.74, 6) is -1.31. The van der Waals surface area contributed by atoms with Crippen LogP contribution in [0.5, 0.6) is 0 Å². The Hall–Kier alpha value is -2.34. The van der Waals surface area contributed by atoms with Crippen LogP contribution in [-0.2, 0) is 41.8 Å². The Morgan fingerprint density at radius 3 is 1.65 bits per heavy atom. The third kappa shape index (κ3) is 33.3. The van der Waals surface area contributed by atoms with Crippen LogP contribution in [0.25, 0.3) is 0 Å². The van der Waals surface area contributed by atoms with Gasteiger partial charge in [-0.2, -0.15) is 0 Å². The summed E-state index contributed by atoms with van der Waals surface area (Å²) >= 11 is 0. The topological polar surface area (TPSA) is 276 Å². The monoisotopic (exact) mass is 1010 g/mol. The van der Waals surface area contributed by atoms with Crippen molar-refractivity contribution >= 4 is 27.6 Å². The van der Waals surface area contributed by atoms with Gasteiger partial charge in [-0.3, -0.25) is 23.2 Å². The summed E-state index contributed by atoms with van der Waals surface area (Å²) in [6, 6.07) is 0. The van der Waals surface area contributed by atoms with Crippen LogP contribution in [0.4, 0.5) is 0 Å². The van der Waals surface area contributed by atoms with Gasteiger partial charge in [-0.1, -0.05) is 177 Å². The zero-order valence-corrected chi connectivity index (χ0v) is 42.4. The van der Waals surface area contributed by atoms with Gasteiger partial charge in [0.05, 0.1) is 12.7 Å². The van der Waals surface area contributed by atoms with Gasteiger partial charge in [0.1, 0.15) is 43.2 Å².